The summed E-state index contributed by atoms with van der Waals surface area (Å²) in [4.78, 5) is 13.2. The summed E-state index contributed by atoms with van der Waals surface area (Å²) in [5.41, 5.74) is 0. The second-order valence-corrected chi connectivity index (χ2v) is 19.4. The summed E-state index contributed by atoms with van der Waals surface area (Å²) in [5.74, 6) is -0.203. The second-order valence-electron chi connectivity index (χ2n) is 19.4. The molecule has 2 aliphatic heterocycles. The monoisotopic (exact) mass is 934 g/mol. The minimum atomic E-state index is -1.78. The van der Waals surface area contributed by atoms with Gasteiger partial charge in [-0.1, -0.05) is 206 Å². The van der Waals surface area contributed by atoms with Crippen molar-refractivity contribution < 1.29 is 64.6 Å². The molecule has 0 aromatic heterocycles. The summed E-state index contributed by atoms with van der Waals surface area (Å²) in [6, 6.07) is -0.820. The quantitative estimate of drug-likeness (QED) is 0.0273. The van der Waals surface area contributed by atoms with Crippen LogP contribution in [0.4, 0.5) is 0 Å². The Labute approximate surface area is 393 Å². The maximum Gasteiger partial charge on any atom is 0.220 e. The van der Waals surface area contributed by atoms with Gasteiger partial charge >= 0.3 is 0 Å². The van der Waals surface area contributed by atoms with Crippen molar-refractivity contribution in [3.63, 3.8) is 0 Å². The van der Waals surface area contributed by atoms with Crippen molar-refractivity contribution in [2.45, 2.75) is 299 Å². The highest BCUT2D eigenvalue weighted by Crippen LogP contribution is 2.30. The topological polar surface area (TPSA) is 228 Å². The van der Waals surface area contributed by atoms with Crippen LogP contribution in [0.2, 0.25) is 0 Å². The standard InChI is InChI=1S/C51H99NO13/c1-3-5-7-9-11-13-15-17-18-19-20-21-22-23-25-27-29-31-33-35-43(56)52-39(40(55)34-32-30-28-26-24-16-14-12-10-8-6-4-2)38-62-50-48(61)46(59)49(42(37-54)64-50)65-51-47(60)45(58)44(57)41(36-53)63-51/h39-42,44-51,53-55,57-61H,3-38H2,1-2H3,(H,52,56). The fraction of sp³-hybridized carbons (Fsp3) is 0.980. The van der Waals surface area contributed by atoms with Crippen LogP contribution in [0.25, 0.3) is 0 Å². The predicted molar refractivity (Wildman–Crippen MR) is 254 cm³/mol. The molecule has 0 saturated carbocycles. The Kier molecular flexibility index (Phi) is 35.9. The lowest BCUT2D eigenvalue weighted by Gasteiger charge is -2.46. The average molecular weight is 934 g/mol. The van der Waals surface area contributed by atoms with E-state index in [9.17, 15) is 45.6 Å². The van der Waals surface area contributed by atoms with Gasteiger partial charge < -0.3 is 65.1 Å². The number of nitrogens with one attached hydrogen (secondary N) is 1. The number of ether oxygens (including phenoxy) is 4. The van der Waals surface area contributed by atoms with E-state index in [1.54, 1.807) is 0 Å². The molecule has 2 heterocycles. The Bertz CT molecular complexity index is 1100. The molecule has 0 aromatic carbocycles. The molecule has 0 bridgehead atoms. The molecule has 9 N–H and O–H groups in total. The Morgan fingerprint density at radius 3 is 1.31 bits per heavy atom. The minimum Gasteiger partial charge on any atom is -0.394 e. The molecule has 0 radical (unpaired) electrons. The minimum absolute atomic E-state index is 0.203. The van der Waals surface area contributed by atoms with E-state index in [0.29, 0.717) is 12.8 Å². The van der Waals surface area contributed by atoms with Gasteiger partial charge in [-0.2, -0.15) is 0 Å². The summed E-state index contributed by atoms with van der Waals surface area (Å²) in [7, 11) is 0. The van der Waals surface area contributed by atoms with Gasteiger partial charge in [0.05, 0.1) is 32.0 Å². The Balaban J connectivity index is 1.78. The molecule has 12 atom stereocenters. The number of hydrogen-bond donors (Lipinski definition) is 9. The number of unbranched alkanes of at least 4 members (excludes halogenated alkanes) is 29. The molecule has 0 aromatic rings. The first kappa shape index (κ1) is 60.1. The van der Waals surface area contributed by atoms with Crippen molar-refractivity contribution in [1.29, 1.82) is 0 Å². The first-order valence-electron chi connectivity index (χ1n) is 26.8. The first-order valence-corrected chi connectivity index (χ1v) is 26.8. The third kappa shape index (κ3) is 26.0. The first-order chi connectivity index (χ1) is 31.6. The normalized spacial score (nSPS) is 26.9. The molecule has 65 heavy (non-hydrogen) atoms. The summed E-state index contributed by atoms with van der Waals surface area (Å²) in [5, 5.41) is 86.9. The number of aliphatic hydroxyl groups is 8. The van der Waals surface area contributed by atoms with E-state index in [4.69, 9.17) is 18.9 Å². The number of carbonyl (C=O) groups excluding carboxylic acids is 1. The Morgan fingerprint density at radius 1 is 0.492 bits per heavy atom. The van der Waals surface area contributed by atoms with Crippen LogP contribution in [0.1, 0.15) is 226 Å². The lowest BCUT2D eigenvalue weighted by Crippen LogP contribution is -2.65. The van der Waals surface area contributed by atoms with Crippen molar-refractivity contribution in [2.24, 2.45) is 0 Å². The molecule has 2 aliphatic rings. The Hall–Kier alpha value is -1.01. The SMILES string of the molecule is CCCCCCCCCCCCCCCCCCCCCC(=O)NC(COC1OC(CO)C(OC2OC(CO)C(O)C(O)C2O)C(O)C1O)C(O)CCCCCCCCCCCCCC. The van der Waals surface area contributed by atoms with E-state index in [1.807, 2.05) is 0 Å². The van der Waals surface area contributed by atoms with Crippen molar-refractivity contribution in [3.05, 3.63) is 0 Å². The van der Waals surface area contributed by atoms with Crippen LogP contribution in [0, 0.1) is 0 Å². The number of hydrogen-bond acceptors (Lipinski definition) is 13. The van der Waals surface area contributed by atoms with Crippen LogP contribution in [0.3, 0.4) is 0 Å². The number of aliphatic hydroxyl groups excluding tert-OH is 8. The van der Waals surface area contributed by atoms with E-state index in [1.165, 1.54) is 148 Å². The molecule has 14 nitrogen and oxygen atoms in total. The zero-order valence-corrected chi connectivity index (χ0v) is 41.0. The smallest absolute Gasteiger partial charge is 0.220 e. The number of carbonyl (C=O) groups is 1. The highest BCUT2D eigenvalue weighted by atomic mass is 16.7. The van der Waals surface area contributed by atoms with Gasteiger partial charge in [-0.3, -0.25) is 4.79 Å². The highest BCUT2D eigenvalue weighted by Gasteiger charge is 2.51. The third-order valence-corrected chi connectivity index (χ3v) is 13.6. The van der Waals surface area contributed by atoms with Gasteiger partial charge in [-0.15, -0.1) is 0 Å². The molecule has 386 valence electrons. The van der Waals surface area contributed by atoms with Crippen molar-refractivity contribution >= 4 is 5.91 Å². The molecule has 1 amide bonds. The molecular formula is C51H99NO13. The van der Waals surface area contributed by atoms with Gasteiger partial charge in [0.25, 0.3) is 0 Å². The van der Waals surface area contributed by atoms with E-state index >= 15 is 0 Å². The van der Waals surface area contributed by atoms with Gasteiger partial charge in [0.15, 0.2) is 12.6 Å². The number of amides is 1. The van der Waals surface area contributed by atoms with E-state index in [2.05, 4.69) is 19.2 Å². The molecule has 0 aliphatic carbocycles. The van der Waals surface area contributed by atoms with Gasteiger partial charge in [0.2, 0.25) is 5.91 Å². The van der Waals surface area contributed by atoms with Gasteiger partial charge in [0, 0.05) is 6.42 Å². The fourth-order valence-electron chi connectivity index (χ4n) is 9.18. The van der Waals surface area contributed by atoms with E-state index in [-0.39, 0.29) is 12.5 Å². The Morgan fingerprint density at radius 2 is 0.877 bits per heavy atom. The highest BCUT2D eigenvalue weighted by molar-refractivity contribution is 5.76. The molecule has 2 saturated heterocycles. The summed E-state index contributed by atoms with van der Waals surface area (Å²) >= 11 is 0. The van der Waals surface area contributed by atoms with Crippen molar-refractivity contribution in [1.82, 2.24) is 5.32 Å². The maximum atomic E-state index is 13.2. The molecule has 2 fully saturated rings. The lowest BCUT2D eigenvalue weighted by molar-refractivity contribution is -0.359. The van der Waals surface area contributed by atoms with Crippen molar-refractivity contribution in [3.8, 4) is 0 Å². The molecular weight excluding hydrogens is 835 g/mol. The van der Waals surface area contributed by atoms with Crippen LogP contribution in [0.15, 0.2) is 0 Å². The molecule has 14 heteroatoms. The lowest BCUT2D eigenvalue weighted by atomic mass is 9.97. The van der Waals surface area contributed by atoms with Gasteiger partial charge in [-0.05, 0) is 12.8 Å². The molecule has 12 unspecified atom stereocenters. The van der Waals surface area contributed by atoms with E-state index < -0.39 is 86.8 Å². The summed E-state index contributed by atoms with van der Waals surface area (Å²) in [6.45, 7) is 2.86. The van der Waals surface area contributed by atoms with Gasteiger partial charge in [0.1, 0.15) is 48.8 Å². The van der Waals surface area contributed by atoms with Crippen LogP contribution < -0.4 is 5.32 Å². The average Bonchev–Trinajstić information content (AvgIpc) is 3.30. The summed E-state index contributed by atoms with van der Waals surface area (Å²) < 4.78 is 22.8. The predicted octanol–water partition coefficient (Wildman–Crippen LogP) is 7.39. The zero-order chi connectivity index (χ0) is 47.5. The van der Waals surface area contributed by atoms with Gasteiger partial charge in [-0.25, -0.2) is 0 Å². The largest absolute Gasteiger partial charge is 0.394 e. The van der Waals surface area contributed by atoms with E-state index in [0.717, 1.165) is 51.4 Å². The van der Waals surface area contributed by atoms with Crippen LogP contribution >= 0.6 is 0 Å². The third-order valence-electron chi connectivity index (χ3n) is 13.6. The second kappa shape index (κ2) is 38.8. The van der Waals surface area contributed by atoms with Crippen LogP contribution in [-0.2, 0) is 23.7 Å². The molecule has 2 rings (SSSR count). The zero-order valence-electron chi connectivity index (χ0n) is 41.0. The fourth-order valence-corrected chi connectivity index (χ4v) is 9.18. The maximum absolute atomic E-state index is 13.2. The van der Waals surface area contributed by atoms with Crippen LogP contribution in [-0.4, -0.2) is 140 Å². The van der Waals surface area contributed by atoms with Crippen molar-refractivity contribution in [2.75, 3.05) is 19.8 Å². The number of rotatable bonds is 42. The summed E-state index contributed by atoms with van der Waals surface area (Å²) in [6.07, 6.45) is 22.5. The van der Waals surface area contributed by atoms with Crippen LogP contribution in [0.5, 0.6) is 0 Å². The molecule has 0 spiro atoms.